The molecule has 0 N–H and O–H groups in total. The topological polar surface area (TPSA) is 63.6 Å². The molecule has 0 radical (unpaired) electrons. The Morgan fingerprint density at radius 1 is 1.32 bits per heavy atom. The Morgan fingerprint density at radius 2 is 2.06 bits per heavy atom. The van der Waals surface area contributed by atoms with Gasteiger partial charge in [0.2, 0.25) is 0 Å². The molecule has 1 fully saturated rings. The molecule has 3 rings (SSSR count). The monoisotopic (exact) mass is 469 g/mol. The average Bonchev–Trinajstić information content (AvgIpc) is 2.82. The lowest BCUT2D eigenvalue weighted by Gasteiger charge is -2.42. The number of rotatable bonds is 7. The Bertz CT molecular complexity index is 1020. The number of carbonyl (C=O) groups is 1. The predicted octanol–water partition coefficient (Wildman–Crippen LogP) is 4.27. The standard InChI is InChI=1S/C27H39N3O4/c1-9-11-22(29(7)10-2)20-14-19-18(3)21(16-34-24(19)15-23(20)32-8)25(28-6)26(31)30-12-13-33-17-27(30,4)5/h11,14-15H,9-10,12-13,16-17H2,1-8H3/b22-11-,28-25?. The van der Waals surface area contributed by atoms with Gasteiger partial charge in [-0.25, -0.2) is 0 Å². The second-order valence-corrected chi connectivity index (χ2v) is 9.35. The minimum Gasteiger partial charge on any atom is -0.496 e. The number of benzene rings is 1. The Kier molecular flexibility index (Phi) is 8.08. The first kappa shape index (κ1) is 25.8. The van der Waals surface area contributed by atoms with Gasteiger partial charge in [0.05, 0.1) is 25.9 Å². The number of ether oxygens (including phenoxy) is 3. The highest BCUT2D eigenvalue weighted by Crippen LogP contribution is 2.41. The highest BCUT2D eigenvalue weighted by molar-refractivity contribution is 6.46. The van der Waals surface area contributed by atoms with Crippen LogP contribution < -0.4 is 9.47 Å². The van der Waals surface area contributed by atoms with Gasteiger partial charge < -0.3 is 24.0 Å². The maximum atomic E-state index is 13.6. The van der Waals surface area contributed by atoms with Crippen LogP contribution in [0.3, 0.4) is 0 Å². The first-order valence-electron chi connectivity index (χ1n) is 12.0. The molecule has 0 atom stereocenters. The summed E-state index contributed by atoms with van der Waals surface area (Å²) >= 11 is 0. The normalized spacial score (nSPS) is 18.4. The summed E-state index contributed by atoms with van der Waals surface area (Å²) in [6.07, 6.45) is 3.12. The van der Waals surface area contributed by atoms with E-state index in [4.69, 9.17) is 14.2 Å². The molecule has 0 aliphatic carbocycles. The van der Waals surface area contributed by atoms with Gasteiger partial charge in [-0.05, 0) is 45.8 Å². The molecule has 1 amide bonds. The molecular formula is C27H39N3O4. The Hall–Kier alpha value is -2.80. The van der Waals surface area contributed by atoms with Crippen molar-refractivity contribution in [1.82, 2.24) is 9.80 Å². The van der Waals surface area contributed by atoms with Crippen LogP contribution in [0.4, 0.5) is 0 Å². The van der Waals surface area contributed by atoms with Crippen molar-refractivity contribution in [2.45, 2.75) is 46.6 Å². The largest absolute Gasteiger partial charge is 0.496 e. The number of hydrogen-bond donors (Lipinski definition) is 0. The second kappa shape index (κ2) is 10.6. The summed E-state index contributed by atoms with van der Waals surface area (Å²) in [6.45, 7) is 13.1. The molecule has 1 aromatic rings. The molecule has 1 aromatic carbocycles. The molecule has 186 valence electrons. The van der Waals surface area contributed by atoms with Crippen LogP contribution in [-0.2, 0) is 9.53 Å². The molecule has 7 heteroatoms. The van der Waals surface area contributed by atoms with Crippen molar-refractivity contribution in [2.24, 2.45) is 4.99 Å². The average molecular weight is 470 g/mol. The summed E-state index contributed by atoms with van der Waals surface area (Å²) in [6, 6.07) is 4.07. The maximum absolute atomic E-state index is 13.6. The van der Waals surface area contributed by atoms with Gasteiger partial charge in [0.15, 0.2) is 0 Å². The third kappa shape index (κ3) is 4.85. The van der Waals surface area contributed by atoms with Crippen molar-refractivity contribution in [2.75, 3.05) is 54.1 Å². The van der Waals surface area contributed by atoms with Crippen molar-refractivity contribution in [3.05, 3.63) is 34.9 Å². The van der Waals surface area contributed by atoms with Crippen molar-refractivity contribution >= 4 is 22.9 Å². The van der Waals surface area contributed by atoms with Gasteiger partial charge in [-0.2, -0.15) is 0 Å². The lowest BCUT2D eigenvalue weighted by atomic mass is 9.91. The van der Waals surface area contributed by atoms with E-state index in [0.717, 1.165) is 52.4 Å². The van der Waals surface area contributed by atoms with Gasteiger partial charge in [-0.15, -0.1) is 0 Å². The van der Waals surface area contributed by atoms with E-state index in [0.29, 0.717) is 25.5 Å². The third-order valence-electron chi connectivity index (χ3n) is 6.69. The number of nitrogens with zero attached hydrogens (tertiary/aromatic N) is 3. The Labute approximate surface area is 204 Å². The fourth-order valence-corrected chi connectivity index (χ4v) is 4.57. The van der Waals surface area contributed by atoms with E-state index in [1.165, 1.54) is 0 Å². The minimum absolute atomic E-state index is 0.0804. The first-order valence-corrected chi connectivity index (χ1v) is 12.0. The first-order chi connectivity index (χ1) is 16.2. The summed E-state index contributed by atoms with van der Waals surface area (Å²) in [5.74, 6) is 1.44. The van der Waals surface area contributed by atoms with Crippen LogP contribution in [0.5, 0.6) is 11.5 Å². The van der Waals surface area contributed by atoms with Crippen LogP contribution in [0.2, 0.25) is 0 Å². The maximum Gasteiger partial charge on any atom is 0.273 e. The number of hydrogen-bond acceptors (Lipinski definition) is 6. The van der Waals surface area contributed by atoms with E-state index < -0.39 is 5.54 Å². The SMILES string of the molecule is CC/C=C(/c1cc2c(cc1OC)OCC(C(=NC)C(=O)N1CCOCC1(C)C)=C2C)N(C)CC. The summed E-state index contributed by atoms with van der Waals surface area (Å²) < 4.78 is 17.5. The highest BCUT2D eigenvalue weighted by atomic mass is 16.5. The number of carbonyl (C=O) groups excluding carboxylic acids is 1. The quantitative estimate of drug-likeness (QED) is 0.558. The summed E-state index contributed by atoms with van der Waals surface area (Å²) in [5.41, 5.74) is 4.96. The highest BCUT2D eigenvalue weighted by Gasteiger charge is 2.38. The van der Waals surface area contributed by atoms with Gasteiger partial charge in [-0.1, -0.05) is 13.0 Å². The number of aliphatic imine (C=N–C) groups is 1. The summed E-state index contributed by atoms with van der Waals surface area (Å²) in [7, 11) is 5.44. The van der Waals surface area contributed by atoms with Crippen molar-refractivity contribution in [1.29, 1.82) is 0 Å². The molecule has 0 unspecified atom stereocenters. The zero-order valence-corrected chi connectivity index (χ0v) is 21.9. The van der Waals surface area contributed by atoms with Crippen LogP contribution in [0.25, 0.3) is 11.3 Å². The van der Waals surface area contributed by atoms with Gasteiger partial charge in [0.25, 0.3) is 5.91 Å². The lowest BCUT2D eigenvalue weighted by molar-refractivity contribution is -0.138. The van der Waals surface area contributed by atoms with E-state index in [1.54, 1.807) is 14.2 Å². The molecule has 0 bridgehead atoms. The van der Waals surface area contributed by atoms with Gasteiger partial charge in [0.1, 0.15) is 23.8 Å². The number of morpholine rings is 1. The lowest BCUT2D eigenvalue weighted by Crippen LogP contribution is -2.57. The van der Waals surface area contributed by atoms with Crippen LogP contribution in [0.1, 0.15) is 52.2 Å². The second-order valence-electron chi connectivity index (χ2n) is 9.35. The molecule has 2 heterocycles. The summed E-state index contributed by atoms with van der Waals surface area (Å²) in [5, 5.41) is 0. The molecule has 0 saturated carbocycles. The molecule has 7 nitrogen and oxygen atoms in total. The van der Waals surface area contributed by atoms with Crippen LogP contribution in [0.15, 0.2) is 28.8 Å². The minimum atomic E-state index is -0.391. The van der Waals surface area contributed by atoms with E-state index in [-0.39, 0.29) is 12.5 Å². The fourth-order valence-electron chi connectivity index (χ4n) is 4.57. The molecule has 34 heavy (non-hydrogen) atoms. The van der Waals surface area contributed by atoms with Crippen LogP contribution >= 0.6 is 0 Å². The summed E-state index contributed by atoms with van der Waals surface area (Å²) in [4.78, 5) is 22.1. The molecule has 0 aromatic heterocycles. The van der Waals surface area contributed by atoms with E-state index >= 15 is 0 Å². The fraction of sp³-hybridized carbons (Fsp3) is 0.556. The van der Waals surface area contributed by atoms with E-state index in [1.807, 2.05) is 31.7 Å². The van der Waals surface area contributed by atoms with E-state index in [2.05, 4.69) is 42.9 Å². The number of fused-ring (bicyclic) bond motifs is 1. The third-order valence-corrected chi connectivity index (χ3v) is 6.69. The van der Waals surface area contributed by atoms with Crippen molar-refractivity contribution in [3.63, 3.8) is 0 Å². The molecule has 2 aliphatic heterocycles. The van der Waals surface area contributed by atoms with Gasteiger partial charge >= 0.3 is 0 Å². The predicted molar refractivity (Wildman–Crippen MR) is 138 cm³/mol. The Morgan fingerprint density at radius 3 is 2.65 bits per heavy atom. The zero-order valence-electron chi connectivity index (χ0n) is 21.9. The number of allylic oxidation sites excluding steroid dienone is 2. The molecule has 1 saturated heterocycles. The smallest absolute Gasteiger partial charge is 0.273 e. The zero-order chi connectivity index (χ0) is 25.0. The van der Waals surface area contributed by atoms with Crippen molar-refractivity contribution in [3.8, 4) is 11.5 Å². The molecule has 0 spiro atoms. The number of amides is 1. The molecular weight excluding hydrogens is 430 g/mol. The van der Waals surface area contributed by atoms with Gasteiger partial charge in [0, 0.05) is 55.6 Å². The van der Waals surface area contributed by atoms with Crippen molar-refractivity contribution < 1.29 is 19.0 Å². The van der Waals surface area contributed by atoms with E-state index in [9.17, 15) is 4.79 Å². The molecule has 2 aliphatic rings. The Balaban J connectivity index is 2.09. The number of methoxy groups -OCH3 is 1. The van der Waals surface area contributed by atoms with Gasteiger partial charge in [-0.3, -0.25) is 9.79 Å². The van der Waals surface area contributed by atoms with Crippen LogP contribution in [0, 0.1) is 0 Å². The van der Waals surface area contributed by atoms with Crippen LogP contribution in [-0.4, -0.2) is 81.1 Å².